The first-order chi connectivity index (χ1) is 14.0. The molecule has 2 aromatic rings. The van der Waals surface area contributed by atoms with Crippen LogP contribution in [0.25, 0.3) is 5.65 Å². The number of aromatic nitrogens is 2. The van der Waals surface area contributed by atoms with E-state index in [1.165, 1.54) is 17.7 Å². The van der Waals surface area contributed by atoms with Crippen LogP contribution < -0.4 is 10.9 Å². The van der Waals surface area contributed by atoms with Gasteiger partial charge in [0, 0.05) is 31.4 Å². The summed E-state index contributed by atoms with van der Waals surface area (Å²) in [6, 6.07) is 5.19. The molecule has 2 aromatic heterocycles. The second-order valence-corrected chi connectivity index (χ2v) is 7.51. The number of amides is 2. The molecule has 0 bridgehead atoms. The highest BCUT2D eigenvalue weighted by Gasteiger charge is 2.48. The van der Waals surface area contributed by atoms with Crippen molar-refractivity contribution in [1.29, 1.82) is 0 Å². The number of pyridine rings is 1. The Bertz CT molecular complexity index is 1030. The van der Waals surface area contributed by atoms with E-state index in [1.54, 1.807) is 29.3 Å². The van der Waals surface area contributed by atoms with E-state index in [1.807, 2.05) is 0 Å². The minimum Gasteiger partial charge on any atom is -0.468 e. The lowest BCUT2D eigenvalue weighted by Gasteiger charge is -2.50. The Hall–Kier alpha value is -3.23. The van der Waals surface area contributed by atoms with Crippen LogP contribution in [0.4, 0.5) is 0 Å². The van der Waals surface area contributed by atoms with Crippen molar-refractivity contribution in [3.8, 4) is 0 Å². The number of piperidine rings is 1. The SMILES string of the molecule is COC(=O)CNC(=O)[C@@H]1C[C@H]2CCN(C(=O)c3cnc4ccccn4c3=O)C[C@H]21. The molecule has 9 nitrogen and oxygen atoms in total. The zero-order chi connectivity index (χ0) is 20.5. The second-order valence-electron chi connectivity index (χ2n) is 7.51. The summed E-state index contributed by atoms with van der Waals surface area (Å²) in [7, 11) is 1.27. The van der Waals surface area contributed by atoms with Gasteiger partial charge in [-0.05, 0) is 36.8 Å². The fourth-order valence-electron chi connectivity index (χ4n) is 4.28. The van der Waals surface area contributed by atoms with Gasteiger partial charge < -0.3 is 15.0 Å². The molecular formula is C20H22N4O5. The standard InChI is InChI=1S/C20H22N4O5/c1-29-17(25)10-22-18(26)13-8-12-5-7-23(11-15(12)13)19(27)14-9-21-16-4-2-3-6-24(16)20(14)28/h2-4,6,9,12-13,15H,5,7-8,10-11H2,1H3,(H,22,26)/t12-,13-,15-/m1/s1. The Morgan fingerprint density at radius 3 is 2.93 bits per heavy atom. The van der Waals surface area contributed by atoms with E-state index in [-0.39, 0.29) is 35.8 Å². The Kier molecular flexibility index (Phi) is 5.04. The number of fused-ring (bicyclic) bond motifs is 2. The number of carbonyl (C=O) groups is 3. The third-order valence-corrected chi connectivity index (χ3v) is 5.98. The van der Waals surface area contributed by atoms with Gasteiger partial charge >= 0.3 is 5.97 Å². The Balaban J connectivity index is 1.46. The van der Waals surface area contributed by atoms with Gasteiger partial charge in [0.05, 0.1) is 7.11 Å². The lowest BCUT2D eigenvalue weighted by molar-refractivity contribution is -0.144. The number of rotatable bonds is 4. The average molecular weight is 398 g/mol. The topological polar surface area (TPSA) is 110 Å². The highest BCUT2D eigenvalue weighted by Crippen LogP contribution is 2.45. The third kappa shape index (κ3) is 3.48. The van der Waals surface area contributed by atoms with Crippen LogP contribution in [-0.2, 0) is 14.3 Å². The second kappa shape index (κ2) is 7.65. The van der Waals surface area contributed by atoms with Crippen LogP contribution in [0, 0.1) is 17.8 Å². The molecule has 1 aliphatic heterocycles. The van der Waals surface area contributed by atoms with Crippen LogP contribution in [0.5, 0.6) is 0 Å². The minimum atomic E-state index is -0.501. The molecule has 2 fully saturated rings. The number of ether oxygens (including phenoxy) is 1. The van der Waals surface area contributed by atoms with Crippen molar-refractivity contribution in [3.63, 3.8) is 0 Å². The van der Waals surface area contributed by atoms with Crippen LogP contribution in [0.15, 0.2) is 35.4 Å². The number of nitrogens with zero attached hydrogens (tertiary/aromatic N) is 3. The summed E-state index contributed by atoms with van der Waals surface area (Å²) in [5, 5.41) is 2.59. The largest absolute Gasteiger partial charge is 0.468 e. The summed E-state index contributed by atoms with van der Waals surface area (Å²) in [6.07, 6.45) is 4.45. The highest BCUT2D eigenvalue weighted by atomic mass is 16.5. The van der Waals surface area contributed by atoms with Crippen LogP contribution in [0.1, 0.15) is 23.2 Å². The first-order valence-corrected chi connectivity index (χ1v) is 9.59. The predicted octanol–water partition coefficient (Wildman–Crippen LogP) is 0.0819. The van der Waals surface area contributed by atoms with Crippen LogP contribution in [-0.4, -0.2) is 58.8 Å². The monoisotopic (exact) mass is 398 g/mol. The Labute approximate surface area is 166 Å². The Morgan fingerprint density at radius 2 is 2.14 bits per heavy atom. The molecule has 9 heteroatoms. The van der Waals surface area contributed by atoms with Crippen molar-refractivity contribution in [1.82, 2.24) is 19.6 Å². The zero-order valence-corrected chi connectivity index (χ0v) is 16.0. The fourth-order valence-corrected chi connectivity index (χ4v) is 4.28. The molecule has 0 unspecified atom stereocenters. The van der Waals surface area contributed by atoms with E-state index in [0.717, 1.165) is 12.8 Å². The van der Waals surface area contributed by atoms with Gasteiger partial charge in [0.1, 0.15) is 17.8 Å². The number of esters is 1. The van der Waals surface area contributed by atoms with Gasteiger partial charge in [-0.3, -0.25) is 23.6 Å². The van der Waals surface area contributed by atoms with Gasteiger partial charge in [0.2, 0.25) is 5.91 Å². The summed E-state index contributed by atoms with van der Waals surface area (Å²) in [4.78, 5) is 55.1. The van der Waals surface area contributed by atoms with Gasteiger partial charge in [0.25, 0.3) is 11.5 Å². The Morgan fingerprint density at radius 1 is 1.31 bits per heavy atom. The van der Waals surface area contributed by atoms with E-state index >= 15 is 0 Å². The molecule has 1 aliphatic carbocycles. The first kappa shape index (κ1) is 19.1. The van der Waals surface area contributed by atoms with Crippen molar-refractivity contribution in [2.45, 2.75) is 12.8 Å². The molecule has 1 saturated carbocycles. The molecular weight excluding hydrogens is 376 g/mol. The summed E-state index contributed by atoms with van der Waals surface area (Å²) >= 11 is 0. The van der Waals surface area contributed by atoms with Crippen molar-refractivity contribution in [3.05, 3.63) is 46.5 Å². The molecule has 152 valence electrons. The number of nitrogens with one attached hydrogen (secondary N) is 1. The quantitative estimate of drug-likeness (QED) is 0.731. The van der Waals surface area contributed by atoms with Crippen molar-refractivity contribution >= 4 is 23.4 Å². The lowest BCUT2D eigenvalue weighted by atomic mass is 9.61. The molecule has 3 heterocycles. The van der Waals surface area contributed by atoms with E-state index in [4.69, 9.17) is 0 Å². The van der Waals surface area contributed by atoms with E-state index < -0.39 is 11.5 Å². The molecule has 1 saturated heterocycles. The van der Waals surface area contributed by atoms with Gasteiger partial charge in [-0.2, -0.15) is 0 Å². The smallest absolute Gasteiger partial charge is 0.325 e. The molecule has 29 heavy (non-hydrogen) atoms. The van der Waals surface area contributed by atoms with Crippen molar-refractivity contribution in [2.24, 2.45) is 17.8 Å². The molecule has 0 spiro atoms. The van der Waals surface area contributed by atoms with E-state index in [2.05, 4.69) is 15.0 Å². The van der Waals surface area contributed by atoms with Crippen molar-refractivity contribution in [2.75, 3.05) is 26.7 Å². The molecule has 4 rings (SSSR count). The van der Waals surface area contributed by atoms with Crippen molar-refractivity contribution < 1.29 is 19.1 Å². The highest BCUT2D eigenvalue weighted by molar-refractivity contribution is 5.94. The summed E-state index contributed by atoms with van der Waals surface area (Å²) in [6.45, 7) is 0.801. The normalized spacial score (nSPS) is 23.1. The van der Waals surface area contributed by atoms with E-state index in [0.29, 0.717) is 24.7 Å². The molecule has 3 atom stereocenters. The number of carbonyl (C=O) groups excluding carboxylic acids is 3. The van der Waals surface area contributed by atoms with Crippen LogP contribution in [0.2, 0.25) is 0 Å². The van der Waals surface area contributed by atoms with Gasteiger partial charge in [-0.1, -0.05) is 6.07 Å². The van der Waals surface area contributed by atoms with Crippen LogP contribution in [0.3, 0.4) is 0 Å². The third-order valence-electron chi connectivity index (χ3n) is 5.98. The van der Waals surface area contributed by atoms with Gasteiger partial charge in [-0.25, -0.2) is 4.98 Å². The summed E-state index contributed by atoms with van der Waals surface area (Å²) in [5.74, 6) is -0.890. The fraction of sp³-hybridized carbons (Fsp3) is 0.450. The van der Waals surface area contributed by atoms with Gasteiger partial charge in [-0.15, -0.1) is 0 Å². The molecule has 1 N–H and O–H groups in total. The van der Waals surface area contributed by atoms with E-state index in [9.17, 15) is 19.2 Å². The molecule has 0 aromatic carbocycles. The summed E-state index contributed by atoms with van der Waals surface area (Å²) in [5.41, 5.74) is 0.107. The zero-order valence-electron chi connectivity index (χ0n) is 16.0. The summed E-state index contributed by atoms with van der Waals surface area (Å²) < 4.78 is 5.89. The maximum Gasteiger partial charge on any atom is 0.325 e. The maximum atomic E-state index is 13.0. The minimum absolute atomic E-state index is 0.0261. The number of likely N-dealkylation sites (tertiary alicyclic amines) is 1. The number of methoxy groups -OCH3 is 1. The molecule has 2 amide bonds. The number of hydrogen-bond acceptors (Lipinski definition) is 6. The predicted molar refractivity (Wildman–Crippen MR) is 102 cm³/mol. The average Bonchev–Trinajstić information content (AvgIpc) is 2.73. The maximum absolute atomic E-state index is 13.0. The number of hydrogen-bond donors (Lipinski definition) is 1. The van der Waals surface area contributed by atoms with Gasteiger partial charge in [0.15, 0.2) is 0 Å². The molecule has 0 radical (unpaired) electrons. The molecule has 2 aliphatic rings. The lowest BCUT2D eigenvalue weighted by Crippen LogP contribution is -2.56. The first-order valence-electron chi connectivity index (χ1n) is 9.59. The van der Waals surface area contributed by atoms with Crippen LogP contribution >= 0.6 is 0 Å².